The van der Waals surface area contributed by atoms with Crippen LogP contribution in [-0.4, -0.2) is 22.6 Å². The molecule has 0 rings (SSSR count). The van der Waals surface area contributed by atoms with Gasteiger partial charge in [0.25, 0.3) is 9.41 Å². The molecule has 0 aromatic heterocycles. The Bertz CT molecular complexity index is 61.4. The van der Waals surface area contributed by atoms with E-state index in [9.17, 15) is 4.46 Å². The summed E-state index contributed by atoms with van der Waals surface area (Å²) in [5.41, 5.74) is 0. The molecule has 0 aliphatic heterocycles. The van der Waals surface area contributed by atoms with Gasteiger partial charge in [0.1, 0.15) is 0 Å². The molecular weight excluding hydrogens is 120 g/mol. The van der Waals surface area contributed by atoms with Gasteiger partial charge in [-0.1, -0.05) is 6.92 Å². The molecule has 0 amide bonds. The average molecular weight is 132 g/mol. The van der Waals surface area contributed by atoms with Crippen molar-refractivity contribution < 1.29 is 9.20 Å². The fourth-order valence-electron chi connectivity index (χ4n) is 0.537. The Kier molecular flexibility index (Phi) is 5.11. The van der Waals surface area contributed by atoms with Crippen molar-refractivity contribution in [2.24, 2.45) is 0 Å². The Morgan fingerprint density at radius 1 is 1.75 bits per heavy atom. The Hall–Kier alpha value is -0.0231. The number of ether oxygens (including phenoxy) is 1. The summed E-state index contributed by atoms with van der Waals surface area (Å²) in [6.45, 7) is 2.03. The first-order chi connectivity index (χ1) is 3.85. The standard InChI is InChI=1S/C5H12O2Si/c1-3-5(7-2)4-8-6/h5,8H,3-4H2,1-2H3. The van der Waals surface area contributed by atoms with Gasteiger partial charge in [-0.15, -0.1) is 0 Å². The minimum Gasteiger partial charge on any atom is -0.392 e. The van der Waals surface area contributed by atoms with Gasteiger partial charge in [-0.05, 0) is 6.42 Å². The van der Waals surface area contributed by atoms with E-state index in [2.05, 4.69) is 0 Å². The van der Waals surface area contributed by atoms with Gasteiger partial charge in [0.15, 0.2) is 0 Å². The summed E-state index contributed by atoms with van der Waals surface area (Å²) in [7, 11) is 1.03. The van der Waals surface area contributed by atoms with Crippen LogP contribution in [0.5, 0.6) is 0 Å². The van der Waals surface area contributed by atoms with E-state index in [0.29, 0.717) is 0 Å². The van der Waals surface area contributed by atoms with E-state index in [4.69, 9.17) is 4.74 Å². The Morgan fingerprint density at radius 3 is 2.50 bits per heavy atom. The van der Waals surface area contributed by atoms with Gasteiger partial charge in [0.05, 0.1) is 6.10 Å². The monoisotopic (exact) mass is 132 g/mol. The van der Waals surface area contributed by atoms with Crippen LogP contribution < -0.4 is 0 Å². The van der Waals surface area contributed by atoms with Crippen molar-refractivity contribution in [2.45, 2.75) is 25.5 Å². The van der Waals surface area contributed by atoms with Crippen molar-refractivity contribution in [1.82, 2.24) is 0 Å². The third-order valence-corrected chi connectivity index (χ3v) is 1.87. The molecule has 0 heterocycles. The molecule has 2 nitrogen and oxygen atoms in total. The van der Waals surface area contributed by atoms with E-state index in [1.165, 1.54) is 0 Å². The van der Waals surface area contributed by atoms with Crippen LogP contribution in [0, 0.1) is 0 Å². The molecule has 0 aliphatic carbocycles. The molecule has 0 spiro atoms. The molecule has 1 atom stereocenters. The van der Waals surface area contributed by atoms with Gasteiger partial charge in [-0.25, -0.2) is 0 Å². The summed E-state index contributed by atoms with van der Waals surface area (Å²) >= 11 is 0. The zero-order chi connectivity index (χ0) is 6.41. The second-order valence-electron chi connectivity index (χ2n) is 1.67. The lowest BCUT2D eigenvalue weighted by Gasteiger charge is -2.06. The molecule has 3 heteroatoms. The largest absolute Gasteiger partial charge is 0.392 e. The van der Waals surface area contributed by atoms with Crippen LogP contribution in [0.3, 0.4) is 0 Å². The fourth-order valence-corrected chi connectivity index (χ4v) is 1.28. The van der Waals surface area contributed by atoms with E-state index in [0.717, 1.165) is 12.5 Å². The van der Waals surface area contributed by atoms with Crippen molar-refractivity contribution in [2.75, 3.05) is 7.11 Å². The zero-order valence-corrected chi connectivity index (χ0v) is 6.54. The second-order valence-corrected chi connectivity index (χ2v) is 2.47. The first kappa shape index (κ1) is 7.98. The van der Waals surface area contributed by atoms with Crippen molar-refractivity contribution in [3.05, 3.63) is 0 Å². The van der Waals surface area contributed by atoms with Crippen molar-refractivity contribution >= 4 is 9.41 Å². The first-order valence-electron chi connectivity index (χ1n) is 2.81. The van der Waals surface area contributed by atoms with Gasteiger partial charge in [0, 0.05) is 13.2 Å². The van der Waals surface area contributed by atoms with Crippen LogP contribution in [-0.2, 0) is 9.20 Å². The summed E-state index contributed by atoms with van der Waals surface area (Å²) in [5, 5.41) is 0. The van der Waals surface area contributed by atoms with Crippen LogP contribution in [0.1, 0.15) is 13.3 Å². The normalized spacial score (nSPS) is 13.2. The van der Waals surface area contributed by atoms with Gasteiger partial charge in [-0.2, -0.15) is 0 Å². The maximum Gasteiger partial charge on any atom is 0.263 e. The van der Waals surface area contributed by atoms with Crippen molar-refractivity contribution in [3.8, 4) is 0 Å². The summed E-state index contributed by atoms with van der Waals surface area (Å²) in [5.74, 6) is 0. The Morgan fingerprint density at radius 2 is 2.38 bits per heavy atom. The van der Waals surface area contributed by atoms with Gasteiger partial charge < -0.3 is 9.20 Å². The molecule has 0 saturated heterocycles. The van der Waals surface area contributed by atoms with E-state index in [-0.39, 0.29) is 6.10 Å². The topological polar surface area (TPSA) is 26.3 Å². The summed E-state index contributed by atoms with van der Waals surface area (Å²) in [4.78, 5) is 0. The van der Waals surface area contributed by atoms with Gasteiger partial charge in [0.2, 0.25) is 0 Å². The van der Waals surface area contributed by atoms with E-state index in [1.54, 1.807) is 7.11 Å². The summed E-state index contributed by atoms with van der Waals surface area (Å²) in [6, 6.07) is 0.729. The molecule has 0 aromatic carbocycles. The quantitative estimate of drug-likeness (QED) is 0.524. The lowest BCUT2D eigenvalue weighted by Crippen LogP contribution is -2.07. The molecule has 0 aromatic rings. The molecule has 0 bridgehead atoms. The third kappa shape index (κ3) is 3.04. The molecule has 0 N–H and O–H groups in total. The maximum absolute atomic E-state index is 10.1. The molecule has 0 aliphatic rings. The number of rotatable bonds is 4. The van der Waals surface area contributed by atoms with Gasteiger partial charge >= 0.3 is 0 Å². The molecule has 48 valence electrons. The highest BCUT2D eigenvalue weighted by Gasteiger charge is 2.00. The van der Waals surface area contributed by atoms with Crippen LogP contribution >= 0.6 is 0 Å². The smallest absolute Gasteiger partial charge is 0.263 e. The van der Waals surface area contributed by atoms with Crippen molar-refractivity contribution in [1.29, 1.82) is 0 Å². The fraction of sp³-hybridized carbons (Fsp3) is 1.00. The van der Waals surface area contributed by atoms with Crippen molar-refractivity contribution in [3.63, 3.8) is 0 Å². The van der Waals surface area contributed by atoms with Crippen LogP contribution in [0.25, 0.3) is 0 Å². The molecule has 0 fully saturated rings. The summed E-state index contributed by atoms with van der Waals surface area (Å²) < 4.78 is 15.0. The lowest BCUT2D eigenvalue weighted by atomic mass is 10.3. The van der Waals surface area contributed by atoms with E-state index < -0.39 is 9.41 Å². The number of hydrogen-bond donors (Lipinski definition) is 0. The van der Waals surface area contributed by atoms with Gasteiger partial charge in [-0.3, -0.25) is 0 Å². The predicted octanol–water partition coefficient (Wildman–Crippen LogP) is 0.612. The zero-order valence-electron chi connectivity index (χ0n) is 5.39. The highest BCUT2D eigenvalue weighted by atomic mass is 28.2. The predicted molar refractivity (Wildman–Crippen MR) is 33.7 cm³/mol. The van der Waals surface area contributed by atoms with E-state index >= 15 is 0 Å². The second kappa shape index (κ2) is 5.12. The minimum absolute atomic E-state index is 0.225. The molecule has 8 heavy (non-hydrogen) atoms. The van der Waals surface area contributed by atoms with Crippen LogP contribution in [0.4, 0.5) is 0 Å². The molecule has 0 saturated carbocycles. The van der Waals surface area contributed by atoms with Crippen LogP contribution in [0.15, 0.2) is 0 Å². The third-order valence-electron chi connectivity index (χ3n) is 1.15. The van der Waals surface area contributed by atoms with E-state index in [1.807, 2.05) is 6.92 Å². The molecule has 1 unspecified atom stereocenters. The maximum atomic E-state index is 10.1. The van der Waals surface area contributed by atoms with Crippen LogP contribution in [0.2, 0.25) is 6.04 Å². The lowest BCUT2D eigenvalue weighted by molar-refractivity contribution is 0.114. The molecule has 0 radical (unpaired) electrons. The number of methoxy groups -OCH3 is 1. The first-order valence-corrected chi connectivity index (χ1v) is 4.10. The Balaban J connectivity index is 3.20. The SMILES string of the molecule is CCC(C[SiH]=O)OC. The molecular formula is C5H12O2Si. The average Bonchev–Trinajstić information content (AvgIpc) is 1.83. The highest BCUT2D eigenvalue weighted by molar-refractivity contribution is 6.17. The summed E-state index contributed by atoms with van der Waals surface area (Å²) in [6.07, 6.45) is 1.19. The Labute approximate surface area is 52.1 Å². The highest BCUT2D eigenvalue weighted by Crippen LogP contribution is 1.98. The number of hydrogen-bond acceptors (Lipinski definition) is 2. The minimum atomic E-state index is -0.627.